The molecule has 0 unspecified atom stereocenters. The molecule has 0 spiro atoms. The smallest absolute Gasteiger partial charge is 0.335 e. The zero-order valence-electron chi connectivity index (χ0n) is 15.1. The van der Waals surface area contributed by atoms with E-state index in [1.165, 1.54) is 6.07 Å². The Hall–Kier alpha value is -3.15. The summed E-state index contributed by atoms with van der Waals surface area (Å²) < 4.78 is 14.0. The predicted octanol–water partition coefficient (Wildman–Crippen LogP) is 3.69. The fourth-order valence-corrected chi connectivity index (χ4v) is 4.36. The van der Waals surface area contributed by atoms with Crippen LogP contribution in [0.5, 0.6) is 0 Å². The average molecular weight is 378 g/mol. The van der Waals surface area contributed by atoms with Crippen LogP contribution in [0.3, 0.4) is 0 Å². The number of amides is 1. The molecular formula is C22H19FN2O3. The van der Waals surface area contributed by atoms with Gasteiger partial charge in [-0.3, -0.25) is 4.79 Å². The molecule has 0 saturated heterocycles. The Kier molecular flexibility index (Phi) is 3.75. The molecule has 2 aliphatic rings. The monoisotopic (exact) mass is 378 g/mol. The summed E-state index contributed by atoms with van der Waals surface area (Å²) in [6, 6.07) is 11.7. The van der Waals surface area contributed by atoms with Crippen LogP contribution in [-0.2, 0) is 17.8 Å². The zero-order valence-corrected chi connectivity index (χ0v) is 15.1. The van der Waals surface area contributed by atoms with E-state index < -0.39 is 5.97 Å². The highest BCUT2D eigenvalue weighted by molar-refractivity contribution is 5.95. The topological polar surface area (TPSA) is 73.4 Å². The van der Waals surface area contributed by atoms with E-state index in [0.29, 0.717) is 31.5 Å². The minimum atomic E-state index is -0.966. The molecule has 142 valence electrons. The van der Waals surface area contributed by atoms with E-state index in [0.717, 1.165) is 22.2 Å². The van der Waals surface area contributed by atoms with Crippen molar-refractivity contribution in [1.82, 2.24) is 9.88 Å². The van der Waals surface area contributed by atoms with Crippen LogP contribution in [0.1, 0.15) is 39.5 Å². The number of rotatable bonds is 3. The Morgan fingerprint density at radius 2 is 2.00 bits per heavy atom. The number of carbonyl (C=O) groups excluding carboxylic acids is 1. The van der Waals surface area contributed by atoms with Crippen molar-refractivity contribution in [2.45, 2.75) is 25.3 Å². The Morgan fingerprint density at radius 1 is 1.18 bits per heavy atom. The maximum absolute atomic E-state index is 14.0. The van der Waals surface area contributed by atoms with Gasteiger partial charge in [-0.05, 0) is 42.2 Å². The highest BCUT2D eigenvalue weighted by Gasteiger charge is 2.47. The van der Waals surface area contributed by atoms with Crippen molar-refractivity contribution in [3.05, 3.63) is 70.7 Å². The molecule has 0 bridgehead atoms. The second-order valence-electron chi connectivity index (χ2n) is 7.63. The Morgan fingerprint density at radius 3 is 2.79 bits per heavy atom. The van der Waals surface area contributed by atoms with Crippen LogP contribution in [0.2, 0.25) is 0 Å². The van der Waals surface area contributed by atoms with Gasteiger partial charge in [0, 0.05) is 47.6 Å². The molecule has 1 fully saturated rings. The first kappa shape index (κ1) is 17.0. The fourth-order valence-electron chi connectivity index (χ4n) is 4.36. The highest BCUT2D eigenvalue weighted by Crippen LogP contribution is 2.49. The van der Waals surface area contributed by atoms with Gasteiger partial charge in [0.1, 0.15) is 5.82 Å². The molecule has 2 N–H and O–H groups in total. The lowest BCUT2D eigenvalue weighted by Crippen LogP contribution is -2.37. The second kappa shape index (κ2) is 6.19. The van der Waals surface area contributed by atoms with Crippen molar-refractivity contribution in [3.63, 3.8) is 0 Å². The summed E-state index contributed by atoms with van der Waals surface area (Å²) in [5.74, 6) is -1.37. The van der Waals surface area contributed by atoms with Gasteiger partial charge >= 0.3 is 5.97 Å². The van der Waals surface area contributed by atoms with E-state index in [1.807, 2.05) is 4.90 Å². The van der Waals surface area contributed by atoms with Gasteiger partial charge < -0.3 is 15.0 Å². The molecule has 1 aliphatic heterocycles. The summed E-state index contributed by atoms with van der Waals surface area (Å²) >= 11 is 0. The molecule has 3 aromatic rings. The number of carboxylic acids is 1. The molecular weight excluding hydrogens is 359 g/mol. The second-order valence-corrected chi connectivity index (χ2v) is 7.63. The van der Waals surface area contributed by atoms with E-state index in [1.54, 1.807) is 36.4 Å². The standard InChI is InChI=1S/C22H19FN2O3/c23-18-4-2-1-3-13(18)14-10-16(14)21(26)25-8-7-20-17(11-25)15-9-12(22(27)28)5-6-19(15)24-20/h1-6,9,14,16,24H,7-8,10-11H2,(H,27,28)/t14-,16+/m0/s1. The van der Waals surface area contributed by atoms with Gasteiger partial charge in [0.05, 0.1) is 5.56 Å². The normalized spacial score (nSPS) is 20.8. The number of benzene rings is 2. The lowest BCUT2D eigenvalue weighted by molar-refractivity contribution is -0.133. The average Bonchev–Trinajstić information content (AvgIpc) is 3.40. The van der Waals surface area contributed by atoms with Crippen LogP contribution in [-0.4, -0.2) is 33.4 Å². The third-order valence-corrected chi connectivity index (χ3v) is 5.95. The van der Waals surface area contributed by atoms with Crippen LogP contribution < -0.4 is 0 Å². The molecule has 1 aromatic heterocycles. The number of aromatic carboxylic acids is 1. The van der Waals surface area contributed by atoms with E-state index >= 15 is 0 Å². The summed E-state index contributed by atoms with van der Waals surface area (Å²) in [6.07, 6.45) is 1.38. The largest absolute Gasteiger partial charge is 0.478 e. The number of H-pyrrole nitrogens is 1. The van der Waals surface area contributed by atoms with E-state index in [9.17, 15) is 19.1 Å². The van der Waals surface area contributed by atoms with Crippen molar-refractivity contribution >= 4 is 22.8 Å². The molecule has 5 nitrogen and oxygen atoms in total. The van der Waals surface area contributed by atoms with Gasteiger partial charge in [-0.2, -0.15) is 0 Å². The predicted molar refractivity (Wildman–Crippen MR) is 102 cm³/mol. The molecule has 1 amide bonds. The number of hydrogen-bond donors (Lipinski definition) is 2. The van der Waals surface area contributed by atoms with Crippen molar-refractivity contribution < 1.29 is 19.1 Å². The lowest BCUT2D eigenvalue weighted by atomic mass is 10.0. The van der Waals surface area contributed by atoms with Crippen molar-refractivity contribution in [2.24, 2.45) is 5.92 Å². The fraction of sp³-hybridized carbons (Fsp3) is 0.273. The number of fused-ring (bicyclic) bond motifs is 3. The summed E-state index contributed by atoms with van der Waals surface area (Å²) in [6.45, 7) is 1.07. The molecule has 5 rings (SSSR count). The molecule has 2 aromatic carbocycles. The van der Waals surface area contributed by atoms with E-state index in [2.05, 4.69) is 4.98 Å². The van der Waals surface area contributed by atoms with Gasteiger partial charge in [0.2, 0.25) is 5.91 Å². The summed E-state index contributed by atoms with van der Waals surface area (Å²) in [5.41, 5.74) is 3.79. The molecule has 1 saturated carbocycles. The van der Waals surface area contributed by atoms with Gasteiger partial charge in [-0.25, -0.2) is 9.18 Å². The maximum atomic E-state index is 14.0. The van der Waals surface area contributed by atoms with Gasteiger partial charge in [-0.15, -0.1) is 0 Å². The van der Waals surface area contributed by atoms with E-state index in [4.69, 9.17) is 0 Å². The van der Waals surface area contributed by atoms with Crippen LogP contribution in [0.4, 0.5) is 4.39 Å². The van der Waals surface area contributed by atoms with Gasteiger partial charge in [0.15, 0.2) is 0 Å². The summed E-state index contributed by atoms with van der Waals surface area (Å²) in [5, 5.41) is 10.1. The van der Waals surface area contributed by atoms with Crippen LogP contribution in [0.25, 0.3) is 10.9 Å². The number of carboxylic acid groups (broad SMARTS) is 1. The molecule has 2 atom stereocenters. The minimum absolute atomic E-state index is 0.0447. The SMILES string of the molecule is O=C(O)c1ccc2[nH]c3c(c2c1)CN(C(=O)[C@@H]1C[C@H]1c1ccccc1F)CC3. The Labute approximate surface area is 160 Å². The number of halogens is 1. The quantitative estimate of drug-likeness (QED) is 0.730. The Balaban J connectivity index is 1.39. The summed E-state index contributed by atoms with van der Waals surface area (Å²) in [7, 11) is 0. The van der Waals surface area contributed by atoms with Crippen LogP contribution in [0, 0.1) is 11.7 Å². The minimum Gasteiger partial charge on any atom is -0.478 e. The van der Waals surface area contributed by atoms with E-state index in [-0.39, 0.29) is 29.1 Å². The number of nitrogens with zero attached hydrogens (tertiary/aromatic N) is 1. The first-order valence-electron chi connectivity index (χ1n) is 9.43. The first-order valence-corrected chi connectivity index (χ1v) is 9.43. The summed E-state index contributed by atoms with van der Waals surface area (Å²) in [4.78, 5) is 29.5. The number of nitrogens with one attached hydrogen (secondary N) is 1. The van der Waals surface area contributed by atoms with Gasteiger partial charge in [-0.1, -0.05) is 18.2 Å². The maximum Gasteiger partial charge on any atom is 0.335 e. The van der Waals surface area contributed by atoms with Gasteiger partial charge in [0.25, 0.3) is 0 Å². The molecule has 1 aliphatic carbocycles. The lowest BCUT2D eigenvalue weighted by Gasteiger charge is -2.27. The number of aromatic amines is 1. The molecule has 6 heteroatoms. The third kappa shape index (κ3) is 2.68. The van der Waals surface area contributed by atoms with Crippen molar-refractivity contribution in [2.75, 3.05) is 6.54 Å². The third-order valence-electron chi connectivity index (χ3n) is 5.95. The first-order chi connectivity index (χ1) is 13.5. The molecule has 28 heavy (non-hydrogen) atoms. The molecule has 2 heterocycles. The van der Waals surface area contributed by atoms with Crippen molar-refractivity contribution in [1.29, 1.82) is 0 Å². The Bertz CT molecular complexity index is 1120. The molecule has 0 radical (unpaired) electrons. The highest BCUT2D eigenvalue weighted by atomic mass is 19.1. The zero-order chi connectivity index (χ0) is 19.4. The number of carbonyl (C=O) groups is 2. The van der Waals surface area contributed by atoms with Crippen LogP contribution >= 0.6 is 0 Å². The van der Waals surface area contributed by atoms with Crippen molar-refractivity contribution in [3.8, 4) is 0 Å². The number of hydrogen-bond acceptors (Lipinski definition) is 2. The number of aromatic nitrogens is 1. The van der Waals surface area contributed by atoms with Crippen LogP contribution in [0.15, 0.2) is 42.5 Å².